The Morgan fingerprint density at radius 1 is 1.40 bits per heavy atom. The van der Waals surface area contributed by atoms with E-state index in [1.54, 1.807) is 12.1 Å². The Kier molecular flexibility index (Phi) is 2.23. The standard InChI is InChI=1S/C11H11FO3/c12-8-4-2-1-3-7(8)11(5-6-11)9(13)10(14)15/h1-4,9,13H,5-6H2,(H,14,15). The van der Waals surface area contributed by atoms with E-state index in [1.165, 1.54) is 12.1 Å². The maximum Gasteiger partial charge on any atom is 0.333 e. The summed E-state index contributed by atoms with van der Waals surface area (Å²) in [5, 5.41) is 18.3. The van der Waals surface area contributed by atoms with Crippen LogP contribution in [0.2, 0.25) is 0 Å². The van der Waals surface area contributed by atoms with Gasteiger partial charge in [-0.1, -0.05) is 18.2 Å². The lowest BCUT2D eigenvalue weighted by molar-refractivity contribution is -0.148. The van der Waals surface area contributed by atoms with E-state index in [4.69, 9.17) is 5.11 Å². The predicted molar refractivity (Wildman–Crippen MR) is 51.0 cm³/mol. The first kappa shape index (κ1) is 10.1. The number of halogens is 1. The zero-order valence-corrected chi connectivity index (χ0v) is 7.98. The van der Waals surface area contributed by atoms with Crippen LogP contribution < -0.4 is 0 Å². The van der Waals surface area contributed by atoms with Gasteiger partial charge in [0.15, 0.2) is 6.10 Å². The molecule has 15 heavy (non-hydrogen) atoms. The molecule has 0 aliphatic heterocycles. The minimum Gasteiger partial charge on any atom is -0.479 e. The van der Waals surface area contributed by atoms with Crippen LogP contribution in [0.25, 0.3) is 0 Å². The molecule has 1 fully saturated rings. The minimum atomic E-state index is -1.52. The van der Waals surface area contributed by atoms with E-state index >= 15 is 0 Å². The minimum absolute atomic E-state index is 0.305. The Hall–Kier alpha value is -1.42. The molecule has 1 saturated carbocycles. The molecule has 2 rings (SSSR count). The first-order valence-corrected chi connectivity index (χ1v) is 4.74. The maximum absolute atomic E-state index is 13.4. The summed E-state index contributed by atoms with van der Waals surface area (Å²) in [5.41, 5.74) is -0.600. The second-order valence-corrected chi connectivity index (χ2v) is 3.88. The van der Waals surface area contributed by atoms with Gasteiger partial charge in [-0.2, -0.15) is 0 Å². The molecule has 0 heterocycles. The lowest BCUT2D eigenvalue weighted by atomic mass is 9.89. The van der Waals surface area contributed by atoms with Crippen molar-refractivity contribution in [2.75, 3.05) is 0 Å². The van der Waals surface area contributed by atoms with Crippen LogP contribution in [-0.2, 0) is 10.2 Å². The topological polar surface area (TPSA) is 57.5 Å². The lowest BCUT2D eigenvalue weighted by Gasteiger charge is -2.19. The Morgan fingerprint density at radius 3 is 2.47 bits per heavy atom. The number of aliphatic hydroxyl groups excluding tert-OH is 1. The molecule has 0 saturated heterocycles. The van der Waals surface area contributed by atoms with Crippen molar-refractivity contribution in [2.24, 2.45) is 0 Å². The summed E-state index contributed by atoms with van der Waals surface area (Å²) < 4.78 is 13.4. The normalized spacial score (nSPS) is 19.6. The fourth-order valence-electron chi connectivity index (χ4n) is 1.93. The highest BCUT2D eigenvalue weighted by atomic mass is 19.1. The molecule has 0 aromatic heterocycles. The summed E-state index contributed by atoms with van der Waals surface area (Å²) in [6, 6.07) is 6.01. The highest BCUT2D eigenvalue weighted by Gasteiger charge is 2.54. The lowest BCUT2D eigenvalue weighted by Crippen LogP contribution is -2.34. The number of carboxylic acid groups (broad SMARTS) is 1. The Labute approximate surface area is 86.2 Å². The smallest absolute Gasteiger partial charge is 0.333 e. The van der Waals surface area contributed by atoms with E-state index in [0.29, 0.717) is 18.4 Å². The van der Waals surface area contributed by atoms with Crippen molar-refractivity contribution in [2.45, 2.75) is 24.4 Å². The second-order valence-electron chi connectivity index (χ2n) is 3.88. The van der Waals surface area contributed by atoms with Gasteiger partial charge >= 0.3 is 5.97 Å². The molecule has 1 aromatic carbocycles. The van der Waals surface area contributed by atoms with Crippen LogP contribution in [0.4, 0.5) is 4.39 Å². The Bertz CT molecular complexity index is 399. The number of benzene rings is 1. The average molecular weight is 210 g/mol. The van der Waals surface area contributed by atoms with E-state index in [2.05, 4.69) is 0 Å². The van der Waals surface area contributed by atoms with Gasteiger partial charge in [0.2, 0.25) is 0 Å². The fourth-order valence-corrected chi connectivity index (χ4v) is 1.93. The number of carbonyl (C=O) groups is 1. The SMILES string of the molecule is O=C(O)C(O)C1(c2ccccc2F)CC1. The van der Waals surface area contributed by atoms with Crippen molar-refractivity contribution in [3.63, 3.8) is 0 Å². The van der Waals surface area contributed by atoms with Crippen molar-refractivity contribution in [1.82, 2.24) is 0 Å². The Balaban J connectivity index is 2.39. The number of rotatable bonds is 3. The van der Waals surface area contributed by atoms with E-state index in [9.17, 15) is 14.3 Å². The van der Waals surface area contributed by atoms with Crippen LogP contribution in [0, 0.1) is 5.82 Å². The molecule has 0 spiro atoms. The largest absolute Gasteiger partial charge is 0.479 e. The summed E-state index contributed by atoms with van der Waals surface area (Å²) in [5.74, 6) is -1.74. The molecule has 0 radical (unpaired) electrons. The van der Waals surface area contributed by atoms with Gasteiger partial charge in [0.25, 0.3) is 0 Å². The van der Waals surface area contributed by atoms with Gasteiger partial charge in [0.05, 0.1) is 0 Å². The molecule has 0 bridgehead atoms. The highest BCUT2D eigenvalue weighted by Crippen LogP contribution is 2.51. The van der Waals surface area contributed by atoms with Crippen LogP contribution in [0.3, 0.4) is 0 Å². The van der Waals surface area contributed by atoms with E-state index < -0.39 is 23.3 Å². The number of hydrogen-bond acceptors (Lipinski definition) is 2. The maximum atomic E-state index is 13.4. The summed E-state index contributed by atoms with van der Waals surface area (Å²) >= 11 is 0. The number of aliphatic hydroxyl groups is 1. The van der Waals surface area contributed by atoms with Crippen LogP contribution >= 0.6 is 0 Å². The molecule has 2 N–H and O–H groups in total. The molecular formula is C11H11FO3. The molecule has 3 nitrogen and oxygen atoms in total. The molecule has 4 heteroatoms. The highest BCUT2D eigenvalue weighted by molar-refractivity contribution is 5.75. The first-order chi connectivity index (χ1) is 7.08. The van der Waals surface area contributed by atoms with Crippen LogP contribution in [0.5, 0.6) is 0 Å². The van der Waals surface area contributed by atoms with Crippen LogP contribution in [-0.4, -0.2) is 22.3 Å². The zero-order valence-electron chi connectivity index (χ0n) is 7.98. The molecule has 80 valence electrons. The van der Waals surface area contributed by atoms with Gasteiger partial charge < -0.3 is 10.2 Å². The van der Waals surface area contributed by atoms with Crippen molar-refractivity contribution >= 4 is 5.97 Å². The average Bonchev–Trinajstić information content (AvgIpc) is 2.98. The van der Waals surface area contributed by atoms with Gasteiger partial charge in [-0.25, -0.2) is 9.18 Å². The van der Waals surface area contributed by atoms with E-state index in [-0.39, 0.29) is 0 Å². The molecule has 0 amide bonds. The van der Waals surface area contributed by atoms with Crippen molar-refractivity contribution in [3.05, 3.63) is 35.6 Å². The molecule has 1 aromatic rings. The third-order valence-electron chi connectivity index (χ3n) is 2.96. The van der Waals surface area contributed by atoms with Crippen LogP contribution in [0.1, 0.15) is 18.4 Å². The predicted octanol–water partition coefficient (Wildman–Crippen LogP) is 1.30. The summed E-state index contributed by atoms with van der Waals surface area (Å²) in [4.78, 5) is 10.7. The van der Waals surface area contributed by atoms with Gasteiger partial charge in [0, 0.05) is 5.41 Å². The molecule has 1 atom stereocenters. The third-order valence-corrected chi connectivity index (χ3v) is 2.96. The third kappa shape index (κ3) is 1.51. The molecule has 1 unspecified atom stereocenters. The summed E-state index contributed by atoms with van der Waals surface area (Å²) in [7, 11) is 0. The Morgan fingerprint density at radius 2 is 2.00 bits per heavy atom. The molecular weight excluding hydrogens is 199 g/mol. The summed E-state index contributed by atoms with van der Waals surface area (Å²) in [6.07, 6.45) is -0.489. The molecule has 1 aliphatic rings. The number of aliphatic carboxylic acids is 1. The first-order valence-electron chi connectivity index (χ1n) is 4.74. The fraction of sp³-hybridized carbons (Fsp3) is 0.364. The second kappa shape index (κ2) is 3.31. The van der Waals surface area contributed by atoms with Crippen molar-refractivity contribution < 1.29 is 19.4 Å². The monoisotopic (exact) mass is 210 g/mol. The van der Waals surface area contributed by atoms with Crippen molar-refractivity contribution in [1.29, 1.82) is 0 Å². The number of hydrogen-bond donors (Lipinski definition) is 2. The van der Waals surface area contributed by atoms with Crippen molar-refractivity contribution in [3.8, 4) is 0 Å². The van der Waals surface area contributed by atoms with Gasteiger partial charge in [-0.15, -0.1) is 0 Å². The van der Waals surface area contributed by atoms with E-state index in [0.717, 1.165) is 0 Å². The van der Waals surface area contributed by atoms with Crippen LogP contribution in [0.15, 0.2) is 24.3 Å². The van der Waals surface area contributed by atoms with E-state index in [1.807, 2.05) is 0 Å². The van der Waals surface area contributed by atoms with Gasteiger partial charge in [0.1, 0.15) is 5.82 Å². The van der Waals surface area contributed by atoms with Gasteiger partial charge in [-0.3, -0.25) is 0 Å². The number of carboxylic acids is 1. The zero-order chi connectivity index (χ0) is 11.1. The van der Waals surface area contributed by atoms with Gasteiger partial charge in [-0.05, 0) is 24.5 Å². The summed E-state index contributed by atoms with van der Waals surface area (Å²) in [6.45, 7) is 0. The molecule has 1 aliphatic carbocycles. The quantitative estimate of drug-likeness (QED) is 0.790.